The summed E-state index contributed by atoms with van der Waals surface area (Å²) in [5, 5.41) is 0. The van der Waals surface area contributed by atoms with Gasteiger partial charge in [0.05, 0.1) is 0 Å². The Morgan fingerprint density at radius 1 is 1.44 bits per heavy atom. The van der Waals surface area contributed by atoms with Gasteiger partial charge < -0.3 is 9.41 Å². The third kappa shape index (κ3) is 5.84. The van der Waals surface area contributed by atoms with Crippen LogP contribution >= 0.6 is 0 Å². The summed E-state index contributed by atoms with van der Waals surface area (Å²) in [6.07, 6.45) is 8.33. The maximum Gasteiger partial charge on any atom is 3.00 e. The molecule has 0 saturated heterocycles. The first-order chi connectivity index (χ1) is 2.89. The predicted molar refractivity (Wildman–Crippen MR) is 26.2 cm³/mol. The molecule has 0 radical (unpaired) electrons. The molecule has 0 heterocycles. The Kier molecular flexibility index (Phi) is 14.1. The fourth-order valence-corrected chi connectivity index (χ4v) is 0.515. The van der Waals surface area contributed by atoms with Crippen LogP contribution in [0.5, 0.6) is 0 Å². The molecule has 0 atom stereocenters. The summed E-state index contributed by atoms with van der Waals surface area (Å²) in [5.74, 6) is 0. The zero-order chi connectivity index (χ0) is 4.41. The topological polar surface area (TPSA) is 0 Å². The van der Waals surface area contributed by atoms with Crippen molar-refractivity contribution in [3.8, 4) is 0 Å². The van der Waals surface area contributed by atoms with E-state index in [0.717, 1.165) is 6.42 Å². The molecule has 1 aliphatic carbocycles. The maximum atomic E-state index is 3.12. The Bertz CT molecular complexity index is 105. The fraction of sp³-hybridized carbons (Fsp3) is 0.333. The Morgan fingerprint density at radius 3 is 2.11 bits per heavy atom. The number of allylic oxidation sites excluding steroid dienone is 4. The molecular weight excluding hydrogens is 213 g/mol. The molecule has 0 nitrogen and oxygen atoms in total. The van der Waals surface area contributed by atoms with Gasteiger partial charge in [0.1, 0.15) is 0 Å². The van der Waals surface area contributed by atoms with Crippen molar-refractivity contribution in [1.82, 2.24) is 0 Å². The normalized spacial score (nSPS) is 12.3. The minimum atomic E-state index is 0. The third-order valence-electron chi connectivity index (χ3n) is 0.867. The summed E-state index contributed by atoms with van der Waals surface area (Å²) in [7, 11) is 0. The van der Waals surface area contributed by atoms with Gasteiger partial charge in [0.25, 0.3) is 0 Å². The predicted octanol–water partition coefficient (Wildman–Crippen LogP) is -4.30. The van der Waals surface area contributed by atoms with Gasteiger partial charge in [0.2, 0.25) is 0 Å². The Labute approximate surface area is 66.5 Å². The molecule has 54 valence electrons. The summed E-state index contributed by atoms with van der Waals surface area (Å²) >= 11 is 0. The van der Waals surface area contributed by atoms with E-state index in [1.807, 2.05) is 0 Å². The Hall–Kier alpha value is -0.0366. The van der Waals surface area contributed by atoms with Gasteiger partial charge >= 0.3 is 19.5 Å². The van der Waals surface area contributed by atoms with E-state index >= 15 is 0 Å². The molecule has 0 aliphatic heterocycles. The van der Waals surface area contributed by atoms with E-state index in [1.165, 1.54) is 5.57 Å². The van der Waals surface area contributed by atoms with Crippen LogP contribution in [0.2, 0.25) is 0 Å². The van der Waals surface area contributed by atoms with E-state index in [1.54, 1.807) is 0 Å². The van der Waals surface area contributed by atoms with Crippen LogP contribution in [0.15, 0.2) is 17.7 Å². The van der Waals surface area contributed by atoms with Crippen molar-refractivity contribution in [3.63, 3.8) is 0 Å². The molecule has 9 heavy (non-hydrogen) atoms. The van der Waals surface area contributed by atoms with Crippen molar-refractivity contribution < 1.29 is 28.9 Å². The summed E-state index contributed by atoms with van der Waals surface area (Å²) in [6, 6.07) is 0. The molecule has 0 unspecified atom stereocenters. The van der Waals surface area contributed by atoms with Gasteiger partial charge in [-0.3, -0.25) is 6.08 Å². The number of rotatable bonds is 0. The van der Waals surface area contributed by atoms with E-state index < -0.39 is 0 Å². The van der Waals surface area contributed by atoms with Crippen LogP contribution in [0.1, 0.15) is 13.3 Å². The SMILES string of the molecule is CC1=[C-]CC=C1.[F-].[F-].[Rh+3]. The van der Waals surface area contributed by atoms with Gasteiger partial charge in [-0.05, 0) is 0 Å². The van der Waals surface area contributed by atoms with E-state index in [9.17, 15) is 0 Å². The average Bonchev–Trinajstić information content (AvgIpc) is 1.86. The van der Waals surface area contributed by atoms with Crippen molar-refractivity contribution in [2.24, 2.45) is 0 Å². The van der Waals surface area contributed by atoms with Crippen LogP contribution in [-0.2, 0) is 19.5 Å². The molecule has 0 amide bonds. The molecule has 0 aromatic rings. The summed E-state index contributed by atoms with van der Waals surface area (Å²) in [4.78, 5) is 0. The van der Waals surface area contributed by atoms with Crippen molar-refractivity contribution in [2.45, 2.75) is 13.3 Å². The summed E-state index contributed by atoms with van der Waals surface area (Å²) < 4.78 is 0. The minimum Gasteiger partial charge on any atom is -1.00 e. The third-order valence-corrected chi connectivity index (χ3v) is 0.867. The summed E-state index contributed by atoms with van der Waals surface area (Å²) in [5.41, 5.74) is 1.27. The smallest absolute Gasteiger partial charge is 1.00 e. The Morgan fingerprint density at radius 2 is 2.00 bits per heavy atom. The van der Waals surface area contributed by atoms with Gasteiger partial charge in [-0.15, -0.1) is 6.42 Å². The standard InChI is InChI=1S/C6H7.2FH.Rh/c1-6-4-2-3-5-6;;;/h2,4H,3H2,1H3;2*1H;/q-1;;;+3/p-2. The second-order valence-corrected chi connectivity index (χ2v) is 1.47. The largest absolute Gasteiger partial charge is 3.00 e. The van der Waals surface area contributed by atoms with Crippen molar-refractivity contribution in [2.75, 3.05) is 0 Å². The first kappa shape index (κ1) is 16.0. The second-order valence-electron chi connectivity index (χ2n) is 1.47. The van der Waals surface area contributed by atoms with Crippen LogP contribution in [0.25, 0.3) is 0 Å². The number of hydrogen-bond acceptors (Lipinski definition) is 0. The molecule has 0 saturated carbocycles. The molecule has 0 N–H and O–H groups in total. The monoisotopic (exact) mass is 220 g/mol. The van der Waals surface area contributed by atoms with Crippen LogP contribution in [-0.4, -0.2) is 0 Å². The van der Waals surface area contributed by atoms with Crippen molar-refractivity contribution in [1.29, 1.82) is 0 Å². The van der Waals surface area contributed by atoms with Crippen molar-refractivity contribution in [3.05, 3.63) is 23.8 Å². The maximum absolute atomic E-state index is 3.12. The molecule has 0 bridgehead atoms. The van der Waals surface area contributed by atoms with E-state index in [2.05, 4.69) is 25.2 Å². The second kappa shape index (κ2) is 7.96. The van der Waals surface area contributed by atoms with E-state index in [4.69, 9.17) is 0 Å². The quantitative estimate of drug-likeness (QED) is 0.286. The van der Waals surface area contributed by atoms with Crippen LogP contribution in [0.3, 0.4) is 0 Å². The van der Waals surface area contributed by atoms with E-state index in [-0.39, 0.29) is 28.9 Å². The number of halogens is 2. The van der Waals surface area contributed by atoms with Crippen LogP contribution < -0.4 is 9.41 Å². The first-order valence-corrected chi connectivity index (χ1v) is 2.13. The molecule has 3 heteroatoms. The van der Waals surface area contributed by atoms with Gasteiger partial charge in [0.15, 0.2) is 0 Å². The van der Waals surface area contributed by atoms with Gasteiger partial charge in [-0.2, -0.15) is 6.08 Å². The molecule has 0 aromatic carbocycles. The minimum absolute atomic E-state index is 0. The van der Waals surface area contributed by atoms with Gasteiger partial charge in [0, 0.05) is 0 Å². The van der Waals surface area contributed by atoms with Crippen LogP contribution in [0, 0.1) is 6.08 Å². The molecule has 1 rings (SSSR count). The molecular formula is C6H7F2Rh. The zero-order valence-corrected chi connectivity index (χ0v) is 6.59. The van der Waals surface area contributed by atoms with Gasteiger partial charge in [-0.25, -0.2) is 11.6 Å². The molecule has 0 spiro atoms. The molecule has 0 fully saturated rings. The molecule has 1 aliphatic rings. The molecule has 0 aromatic heterocycles. The van der Waals surface area contributed by atoms with E-state index in [0.29, 0.717) is 0 Å². The average molecular weight is 220 g/mol. The van der Waals surface area contributed by atoms with Crippen LogP contribution in [0.4, 0.5) is 0 Å². The number of hydrogen-bond donors (Lipinski definition) is 0. The first-order valence-electron chi connectivity index (χ1n) is 2.13. The summed E-state index contributed by atoms with van der Waals surface area (Å²) in [6.45, 7) is 2.06. The van der Waals surface area contributed by atoms with Gasteiger partial charge in [-0.1, -0.05) is 6.92 Å². The van der Waals surface area contributed by atoms with Crippen molar-refractivity contribution >= 4 is 0 Å². The zero-order valence-electron chi connectivity index (χ0n) is 4.95. The fourth-order valence-electron chi connectivity index (χ4n) is 0.515. The Balaban J connectivity index is -0.000000120.